The summed E-state index contributed by atoms with van der Waals surface area (Å²) in [4.78, 5) is 13.7. The zero-order chi connectivity index (χ0) is 10.8. The molecule has 15 heavy (non-hydrogen) atoms. The predicted octanol–water partition coefficient (Wildman–Crippen LogP) is 2.65. The van der Waals surface area contributed by atoms with Gasteiger partial charge in [0, 0.05) is 23.6 Å². The van der Waals surface area contributed by atoms with Crippen molar-refractivity contribution >= 4 is 34.2 Å². The highest BCUT2D eigenvalue weighted by Gasteiger charge is 2.24. The lowest BCUT2D eigenvalue weighted by atomic mass is 9.99. The summed E-state index contributed by atoms with van der Waals surface area (Å²) in [6, 6.07) is 8.20. The predicted molar refractivity (Wildman–Crippen MR) is 70.6 cm³/mol. The number of carbonyl (C=O) groups is 1. The molecule has 0 saturated heterocycles. The topological polar surface area (TPSA) is 20.3 Å². The van der Waals surface area contributed by atoms with Crippen molar-refractivity contribution < 1.29 is 4.79 Å². The molecule has 0 saturated carbocycles. The van der Waals surface area contributed by atoms with E-state index >= 15 is 0 Å². The number of anilines is 1. The summed E-state index contributed by atoms with van der Waals surface area (Å²) in [5.41, 5.74) is 2.38. The molecule has 0 spiro atoms. The summed E-state index contributed by atoms with van der Waals surface area (Å²) in [6.07, 6.45) is 1.70. The number of rotatable bonds is 1. The van der Waals surface area contributed by atoms with Gasteiger partial charge in [-0.25, -0.2) is 0 Å². The first-order chi connectivity index (χ1) is 7.22. The van der Waals surface area contributed by atoms with Crippen LogP contribution in [0.5, 0.6) is 0 Å². The van der Waals surface area contributed by atoms with Crippen LogP contribution >= 0.6 is 22.6 Å². The Labute approximate surface area is 104 Å². The number of fused-ring (bicyclic) bond motifs is 1. The molecule has 80 valence electrons. The maximum atomic E-state index is 11.9. The molecule has 1 atom stereocenters. The van der Waals surface area contributed by atoms with E-state index in [0.717, 1.165) is 16.5 Å². The van der Waals surface area contributed by atoms with Crippen LogP contribution in [0.4, 0.5) is 5.69 Å². The lowest BCUT2D eigenvalue weighted by Gasteiger charge is -2.16. The van der Waals surface area contributed by atoms with Crippen molar-refractivity contribution in [1.29, 1.82) is 0 Å². The summed E-state index contributed by atoms with van der Waals surface area (Å²) in [5.74, 6) is 0.728. The Hall–Kier alpha value is -0.580. The van der Waals surface area contributed by atoms with Crippen LogP contribution in [0.15, 0.2) is 24.3 Å². The number of para-hydroxylation sites is 1. The number of hydrogen-bond acceptors (Lipinski definition) is 1. The molecular formula is C12H14INO. The Bertz CT molecular complexity index is 378. The van der Waals surface area contributed by atoms with E-state index in [1.54, 1.807) is 4.90 Å². The number of amides is 1. The summed E-state index contributed by atoms with van der Waals surface area (Å²) in [7, 11) is 1.87. The average molecular weight is 315 g/mol. The number of benzene rings is 1. The molecule has 3 heteroatoms. The minimum atomic E-state index is 0.238. The smallest absolute Gasteiger partial charge is 0.227 e. The average Bonchev–Trinajstić information content (AvgIpc) is 2.38. The van der Waals surface area contributed by atoms with Gasteiger partial charge in [-0.1, -0.05) is 40.8 Å². The van der Waals surface area contributed by atoms with Gasteiger partial charge < -0.3 is 4.90 Å². The van der Waals surface area contributed by atoms with Crippen molar-refractivity contribution in [2.24, 2.45) is 5.92 Å². The molecule has 1 aliphatic rings. The van der Waals surface area contributed by atoms with Gasteiger partial charge in [0.2, 0.25) is 5.91 Å². The third kappa shape index (κ3) is 2.17. The summed E-state index contributed by atoms with van der Waals surface area (Å²) >= 11 is 2.37. The molecule has 2 rings (SSSR count). The van der Waals surface area contributed by atoms with Gasteiger partial charge >= 0.3 is 0 Å². The monoisotopic (exact) mass is 315 g/mol. The van der Waals surface area contributed by atoms with Crippen LogP contribution in [0.25, 0.3) is 0 Å². The first kappa shape index (κ1) is 10.9. The third-order valence-electron chi connectivity index (χ3n) is 2.92. The molecule has 1 heterocycles. The normalized spacial score (nSPS) is 21.1. The maximum Gasteiger partial charge on any atom is 0.227 e. The van der Waals surface area contributed by atoms with E-state index in [4.69, 9.17) is 0 Å². The van der Waals surface area contributed by atoms with Crippen LogP contribution in [-0.4, -0.2) is 17.4 Å². The Balaban J connectivity index is 2.41. The van der Waals surface area contributed by atoms with E-state index in [1.807, 2.05) is 25.2 Å². The maximum absolute atomic E-state index is 11.9. The van der Waals surface area contributed by atoms with E-state index in [-0.39, 0.29) is 5.91 Å². The Morgan fingerprint density at radius 2 is 2.13 bits per heavy atom. The van der Waals surface area contributed by atoms with Gasteiger partial charge in [0.25, 0.3) is 0 Å². The molecule has 1 aliphatic heterocycles. The van der Waals surface area contributed by atoms with Crippen LogP contribution in [0.3, 0.4) is 0 Å². The number of alkyl halides is 1. The van der Waals surface area contributed by atoms with Gasteiger partial charge in [0.15, 0.2) is 0 Å². The van der Waals surface area contributed by atoms with E-state index < -0.39 is 0 Å². The zero-order valence-corrected chi connectivity index (χ0v) is 10.9. The van der Waals surface area contributed by atoms with Gasteiger partial charge in [-0.3, -0.25) is 4.79 Å². The van der Waals surface area contributed by atoms with Crippen molar-refractivity contribution in [2.75, 3.05) is 16.4 Å². The second-order valence-electron chi connectivity index (χ2n) is 4.01. The fourth-order valence-corrected chi connectivity index (χ4v) is 2.64. The quantitative estimate of drug-likeness (QED) is 0.576. The van der Waals surface area contributed by atoms with Crippen LogP contribution in [0.2, 0.25) is 0 Å². The van der Waals surface area contributed by atoms with Crippen molar-refractivity contribution in [3.63, 3.8) is 0 Å². The van der Waals surface area contributed by atoms with Gasteiger partial charge in [0.05, 0.1) is 0 Å². The fourth-order valence-electron chi connectivity index (χ4n) is 2.02. The van der Waals surface area contributed by atoms with Crippen LogP contribution in [-0.2, 0) is 11.2 Å². The highest BCUT2D eigenvalue weighted by molar-refractivity contribution is 14.1. The van der Waals surface area contributed by atoms with Crippen LogP contribution < -0.4 is 4.90 Å². The summed E-state index contributed by atoms with van der Waals surface area (Å²) < 4.78 is 1.05. The van der Waals surface area contributed by atoms with Crippen molar-refractivity contribution in [3.8, 4) is 0 Å². The van der Waals surface area contributed by atoms with Crippen molar-refractivity contribution in [3.05, 3.63) is 29.8 Å². The van der Waals surface area contributed by atoms with Crippen LogP contribution in [0.1, 0.15) is 12.0 Å². The number of hydrogen-bond donors (Lipinski definition) is 0. The molecule has 0 N–H and O–H groups in total. The van der Waals surface area contributed by atoms with E-state index in [9.17, 15) is 4.79 Å². The minimum Gasteiger partial charge on any atom is -0.315 e. The molecule has 0 aliphatic carbocycles. The third-order valence-corrected chi connectivity index (χ3v) is 4.16. The van der Waals surface area contributed by atoms with Crippen molar-refractivity contribution in [2.45, 2.75) is 12.8 Å². The van der Waals surface area contributed by atoms with Gasteiger partial charge in [0.1, 0.15) is 0 Å². The highest BCUT2D eigenvalue weighted by Crippen LogP contribution is 2.29. The second-order valence-corrected chi connectivity index (χ2v) is 4.89. The van der Waals surface area contributed by atoms with Crippen LogP contribution in [0, 0.1) is 5.92 Å². The molecule has 0 radical (unpaired) electrons. The Morgan fingerprint density at radius 1 is 1.40 bits per heavy atom. The standard InChI is InChI=1S/C12H14INO/c1-14-11-5-3-2-4-10(11)6-9(8-13)7-12(14)15/h2-5,9H,6-8H2,1H3. The summed E-state index contributed by atoms with van der Waals surface area (Å²) in [5, 5.41) is 0. The minimum absolute atomic E-state index is 0.238. The summed E-state index contributed by atoms with van der Waals surface area (Å²) in [6.45, 7) is 0. The molecule has 0 fully saturated rings. The molecular weight excluding hydrogens is 301 g/mol. The lowest BCUT2D eigenvalue weighted by Crippen LogP contribution is -2.26. The first-order valence-electron chi connectivity index (χ1n) is 5.13. The lowest BCUT2D eigenvalue weighted by molar-refractivity contribution is -0.118. The van der Waals surface area contributed by atoms with E-state index in [1.165, 1.54) is 5.56 Å². The SMILES string of the molecule is CN1C(=O)CC(CI)Cc2ccccc21. The van der Waals surface area contributed by atoms with Gasteiger partial charge in [-0.05, 0) is 24.0 Å². The molecule has 1 amide bonds. The van der Waals surface area contributed by atoms with Gasteiger partial charge in [-0.15, -0.1) is 0 Å². The van der Waals surface area contributed by atoms with E-state index in [2.05, 4.69) is 28.7 Å². The van der Waals surface area contributed by atoms with E-state index in [0.29, 0.717) is 12.3 Å². The first-order valence-corrected chi connectivity index (χ1v) is 6.65. The second kappa shape index (κ2) is 4.51. The molecule has 1 aromatic carbocycles. The van der Waals surface area contributed by atoms with Gasteiger partial charge in [-0.2, -0.15) is 0 Å². The number of carbonyl (C=O) groups excluding carboxylic acids is 1. The molecule has 2 nitrogen and oxygen atoms in total. The molecule has 1 aromatic rings. The highest BCUT2D eigenvalue weighted by atomic mass is 127. The molecule has 0 bridgehead atoms. The fraction of sp³-hybridized carbons (Fsp3) is 0.417. The Kier molecular flexibility index (Phi) is 3.29. The molecule has 0 aromatic heterocycles. The largest absolute Gasteiger partial charge is 0.315 e. The number of nitrogens with zero attached hydrogens (tertiary/aromatic N) is 1. The molecule has 1 unspecified atom stereocenters. The Morgan fingerprint density at radius 3 is 2.87 bits per heavy atom. The number of halogens is 1. The zero-order valence-electron chi connectivity index (χ0n) is 8.74. The van der Waals surface area contributed by atoms with Crippen molar-refractivity contribution in [1.82, 2.24) is 0 Å².